The molecular weight excluding hydrogens is 280 g/mol. The molecule has 2 N–H and O–H groups in total. The Hall–Kier alpha value is -1.59. The highest BCUT2D eigenvalue weighted by atomic mass is 16.6. The van der Waals surface area contributed by atoms with Gasteiger partial charge in [0.15, 0.2) is 0 Å². The Kier molecular flexibility index (Phi) is 4.36. The highest BCUT2D eigenvalue weighted by molar-refractivity contribution is 5.75. The first-order valence-electron chi connectivity index (χ1n) is 7.90. The van der Waals surface area contributed by atoms with Crippen LogP contribution in [0.4, 0.5) is 0 Å². The van der Waals surface area contributed by atoms with Crippen molar-refractivity contribution >= 4 is 5.91 Å². The molecule has 2 aliphatic rings. The average molecular weight is 304 g/mol. The van der Waals surface area contributed by atoms with E-state index in [4.69, 9.17) is 15.2 Å². The summed E-state index contributed by atoms with van der Waals surface area (Å²) in [7, 11) is 0. The van der Waals surface area contributed by atoms with E-state index in [1.54, 1.807) is 0 Å². The van der Waals surface area contributed by atoms with Gasteiger partial charge in [0.1, 0.15) is 18.0 Å². The summed E-state index contributed by atoms with van der Waals surface area (Å²) >= 11 is 0. The van der Waals surface area contributed by atoms with Crippen molar-refractivity contribution in [3.63, 3.8) is 0 Å². The molecule has 0 saturated carbocycles. The molecule has 22 heavy (non-hydrogen) atoms. The number of para-hydroxylation sites is 1. The van der Waals surface area contributed by atoms with Crippen LogP contribution >= 0.6 is 0 Å². The lowest BCUT2D eigenvalue weighted by atomic mass is 9.89. The fourth-order valence-electron chi connectivity index (χ4n) is 3.62. The number of piperidine rings is 1. The fourth-order valence-corrected chi connectivity index (χ4v) is 3.62. The van der Waals surface area contributed by atoms with Crippen LogP contribution in [0.25, 0.3) is 0 Å². The van der Waals surface area contributed by atoms with Gasteiger partial charge in [0, 0.05) is 19.0 Å². The predicted octanol–water partition coefficient (Wildman–Crippen LogP) is 1.42. The van der Waals surface area contributed by atoms with Crippen LogP contribution in [0, 0.1) is 5.92 Å². The number of nitrogens with two attached hydrogens (primary N) is 1. The topological polar surface area (TPSA) is 64.8 Å². The third-order valence-electron chi connectivity index (χ3n) is 4.55. The molecule has 5 heteroatoms. The summed E-state index contributed by atoms with van der Waals surface area (Å²) in [6.45, 7) is 4.78. The quantitative estimate of drug-likeness (QED) is 0.893. The van der Waals surface area contributed by atoms with Gasteiger partial charge in [-0.1, -0.05) is 18.2 Å². The molecule has 0 bridgehead atoms. The molecule has 1 aromatic rings. The number of carbonyl (C=O) groups is 1. The van der Waals surface area contributed by atoms with Crippen molar-refractivity contribution in [2.45, 2.75) is 31.5 Å². The summed E-state index contributed by atoms with van der Waals surface area (Å²) in [5.41, 5.74) is 5.04. The highest BCUT2D eigenvalue weighted by Crippen LogP contribution is 2.39. The summed E-state index contributed by atoms with van der Waals surface area (Å²) in [5, 5.41) is 0. The van der Waals surface area contributed by atoms with E-state index >= 15 is 0 Å². The number of fused-ring (bicyclic) bond motifs is 1. The first kappa shape index (κ1) is 15.3. The van der Waals surface area contributed by atoms with Gasteiger partial charge < -0.3 is 15.2 Å². The number of carbonyl (C=O) groups excluding carboxylic acids is 1. The van der Waals surface area contributed by atoms with Crippen molar-refractivity contribution in [3.05, 3.63) is 30.3 Å². The number of ether oxygens (including phenoxy) is 2. The third-order valence-corrected chi connectivity index (χ3v) is 4.55. The van der Waals surface area contributed by atoms with Gasteiger partial charge in [0.05, 0.1) is 12.6 Å². The third kappa shape index (κ3) is 3.59. The normalized spacial score (nSPS) is 31.7. The zero-order valence-corrected chi connectivity index (χ0v) is 13.0. The van der Waals surface area contributed by atoms with E-state index in [2.05, 4.69) is 11.8 Å². The second-order valence-corrected chi connectivity index (χ2v) is 6.66. The fraction of sp³-hybridized carbons (Fsp3) is 0.588. The summed E-state index contributed by atoms with van der Waals surface area (Å²) in [4.78, 5) is 13.2. The van der Waals surface area contributed by atoms with E-state index in [-0.39, 0.29) is 17.6 Å². The minimum Gasteiger partial charge on any atom is -0.491 e. The van der Waals surface area contributed by atoms with Gasteiger partial charge in [-0.25, -0.2) is 0 Å². The van der Waals surface area contributed by atoms with Crippen molar-refractivity contribution in [1.82, 2.24) is 4.90 Å². The Balaban J connectivity index is 1.55. The Morgan fingerprint density at radius 2 is 2.23 bits per heavy atom. The molecule has 2 heterocycles. The Morgan fingerprint density at radius 3 is 2.95 bits per heavy atom. The maximum atomic E-state index is 11.1. The van der Waals surface area contributed by atoms with E-state index in [1.807, 2.05) is 30.3 Å². The molecule has 120 valence electrons. The average Bonchev–Trinajstić information content (AvgIpc) is 2.82. The molecule has 0 unspecified atom stereocenters. The molecule has 2 aliphatic heterocycles. The van der Waals surface area contributed by atoms with Gasteiger partial charge in [-0.05, 0) is 31.9 Å². The summed E-state index contributed by atoms with van der Waals surface area (Å²) in [5.74, 6) is 1.07. The van der Waals surface area contributed by atoms with Crippen LogP contribution < -0.4 is 10.5 Å². The largest absolute Gasteiger partial charge is 0.491 e. The second-order valence-electron chi connectivity index (χ2n) is 6.66. The molecule has 0 aliphatic carbocycles. The number of amides is 1. The van der Waals surface area contributed by atoms with Gasteiger partial charge in [0.2, 0.25) is 5.91 Å². The number of hydrogen-bond acceptors (Lipinski definition) is 4. The minimum absolute atomic E-state index is 0.256. The van der Waals surface area contributed by atoms with Crippen LogP contribution in [0.5, 0.6) is 5.75 Å². The number of nitrogens with zero attached hydrogens (tertiary/aromatic N) is 1. The molecule has 1 aromatic carbocycles. The molecule has 0 spiro atoms. The zero-order valence-electron chi connectivity index (χ0n) is 13.0. The lowest BCUT2D eigenvalue weighted by Gasteiger charge is -2.33. The van der Waals surface area contributed by atoms with E-state index in [9.17, 15) is 4.79 Å². The molecule has 5 nitrogen and oxygen atoms in total. The van der Waals surface area contributed by atoms with Gasteiger partial charge in [-0.15, -0.1) is 0 Å². The lowest BCUT2D eigenvalue weighted by molar-refractivity contribution is -0.120. The SMILES string of the molecule is C[C@]1(COc2ccccc2)C[C@@H]2CN(CC(N)=O)CC[C@@H]2O1. The number of rotatable bonds is 5. The summed E-state index contributed by atoms with van der Waals surface area (Å²) < 4.78 is 12.1. The molecule has 2 fully saturated rings. The van der Waals surface area contributed by atoms with Crippen LogP contribution in [-0.4, -0.2) is 48.8 Å². The van der Waals surface area contributed by atoms with Crippen molar-refractivity contribution < 1.29 is 14.3 Å². The highest BCUT2D eigenvalue weighted by Gasteiger charge is 2.46. The number of benzene rings is 1. The number of hydrogen-bond donors (Lipinski definition) is 1. The van der Waals surface area contributed by atoms with E-state index in [0.717, 1.165) is 31.7 Å². The molecular formula is C17H24N2O3. The van der Waals surface area contributed by atoms with Gasteiger partial charge in [0.25, 0.3) is 0 Å². The molecule has 3 rings (SSSR count). The Labute approximate surface area is 131 Å². The zero-order chi connectivity index (χ0) is 15.6. The molecule has 0 aromatic heterocycles. The minimum atomic E-state index is -0.257. The molecule has 3 atom stereocenters. The van der Waals surface area contributed by atoms with Crippen molar-refractivity contribution in [2.24, 2.45) is 11.7 Å². The van der Waals surface area contributed by atoms with Crippen molar-refractivity contribution in [1.29, 1.82) is 0 Å². The van der Waals surface area contributed by atoms with E-state index in [1.165, 1.54) is 0 Å². The Bertz CT molecular complexity index is 522. The summed E-state index contributed by atoms with van der Waals surface area (Å²) in [6, 6.07) is 9.83. The standard InChI is InChI=1S/C17H24N2O3/c1-17(12-21-14-5-3-2-4-6-14)9-13-10-19(11-16(18)20)8-7-15(13)22-17/h2-6,13,15H,7-12H2,1H3,(H2,18,20)/t13-,15+,17-/m1/s1. The predicted molar refractivity (Wildman–Crippen MR) is 83.6 cm³/mol. The van der Waals surface area contributed by atoms with Crippen molar-refractivity contribution in [2.75, 3.05) is 26.2 Å². The first-order chi connectivity index (χ1) is 10.5. The molecule has 0 radical (unpaired) electrons. The Morgan fingerprint density at radius 1 is 1.45 bits per heavy atom. The van der Waals surface area contributed by atoms with E-state index < -0.39 is 0 Å². The van der Waals surface area contributed by atoms with Gasteiger partial charge in [-0.3, -0.25) is 9.69 Å². The monoisotopic (exact) mass is 304 g/mol. The van der Waals surface area contributed by atoms with E-state index in [0.29, 0.717) is 19.1 Å². The smallest absolute Gasteiger partial charge is 0.231 e. The molecule has 1 amide bonds. The lowest BCUT2D eigenvalue weighted by Crippen LogP contribution is -2.44. The van der Waals surface area contributed by atoms with Gasteiger partial charge >= 0.3 is 0 Å². The number of primary amides is 1. The van der Waals surface area contributed by atoms with Crippen LogP contribution in [0.15, 0.2) is 30.3 Å². The number of likely N-dealkylation sites (tertiary alicyclic amines) is 1. The van der Waals surface area contributed by atoms with Crippen LogP contribution in [0.2, 0.25) is 0 Å². The first-order valence-corrected chi connectivity index (χ1v) is 7.90. The molecule has 2 saturated heterocycles. The maximum absolute atomic E-state index is 11.1. The van der Waals surface area contributed by atoms with Crippen LogP contribution in [0.3, 0.4) is 0 Å². The van der Waals surface area contributed by atoms with Crippen molar-refractivity contribution in [3.8, 4) is 5.75 Å². The van der Waals surface area contributed by atoms with Crippen LogP contribution in [-0.2, 0) is 9.53 Å². The maximum Gasteiger partial charge on any atom is 0.231 e. The second kappa shape index (κ2) is 6.26. The summed E-state index contributed by atoms with van der Waals surface area (Å²) in [6.07, 6.45) is 2.19. The van der Waals surface area contributed by atoms with Gasteiger partial charge in [-0.2, -0.15) is 0 Å². The van der Waals surface area contributed by atoms with Crippen LogP contribution in [0.1, 0.15) is 19.8 Å².